The molecule has 0 amide bonds. The fourth-order valence-corrected chi connectivity index (χ4v) is 4.01. The summed E-state index contributed by atoms with van der Waals surface area (Å²) < 4.78 is 0. The molecule has 0 saturated carbocycles. The van der Waals surface area contributed by atoms with Crippen molar-refractivity contribution in [3.63, 3.8) is 0 Å². The Hall–Kier alpha value is -2.38. The highest BCUT2D eigenvalue weighted by Gasteiger charge is 2.10. The Morgan fingerprint density at radius 1 is 1.04 bits per heavy atom. The molecule has 126 valence electrons. The monoisotopic (exact) mass is 367 g/mol. The van der Waals surface area contributed by atoms with Crippen LogP contribution in [0.2, 0.25) is 0 Å². The van der Waals surface area contributed by atoms with Crippen LogP contribution in [0.5, 0.6) is 0 Å². The minimum atomic E-state index is 0.514. The molecule has 5 nitrogen and oxygen atoms in total. The zero-order valence-corrected chi connectivity index (χ0v) is 15.6. The Bertz CT molecular complexity index is 952. The van der Waals surface area contributed by atoms with Crippen molar-refractivity contribution in [1.82, 2.24) is 25.2 Å². The molecule has 0 fully saturated rings. The van der Waals surface area contributed by atoms with Gasteiger partial charge in [0.25, 0.3) is 0 Å². The molecule has 1 aromatic carbocycles. The first kappa shape index (κ1) is 16.1. The number of rotatable bonds is 5. The van der Waals surface area contributed by atoms with Gasteiger partial charge in [0, 0.05) is 21.9 Å². The maximum atomic E-state index is 4.66. The zero-order chi connectivity index (χ0) is 17.2. The van der Waals surface area contributed by atoms with Gasteiger partial charge in [0.05, 0.1) is 5.69 Å². The molecule has 3 heterocycles. The van der Waals surface area contributed by atoms with Crippen LogP contribution in [0.4, 0.5) is 0 Å². The third kappa shape index (κ3) is 3.52. The summed E-state index contributed by atoms with van der Waals surface area (Å²) in [6.07, 6.45) is 0. The molecular formula is C18H17N5S2. The van der Waals surface area contributed by atoms with E-state index in [4.69, 9.17) is 0 Å². The number of benzene rings is 1. The van der Waals surface area contributed by atoms with Crippen molar-refractivity contribution in [2.45, 2.75) is 26.3 Å². The van der Waals surface area contributed by atoms with Gasteiger partial charge in [-0.3, -0.25) is 0 Å². The van der Waals surface area contributed by atoms with Crippen molar-refractivity contribution < 1.29 is 0 Å². The molecule has 25 heavy (non-hydrogen) atoms. The zero-order valence-electron chi connectivity index (χ0n) is 14.0. The highest BCUT2D eigenvalue weighted by molar-refractivity contribution is 7.14. The summed E-state index contributed by atoms with van der Waals surface area (Å²) in [5.41, 5.74) is 4.40. The van der Waals surface area contributed by atoms with Gasteiger partial charge in [-0.2, -0.15) is 16.1 Å². The Kier molecular flexibility index (Phi) is 4.42. The largest absolute Gasteiger partial charge is 0.239 e. The van der Waals surface area contributed by atoms with Crippen molar-refractivity contribution in [3.05, 3.63) is 57.7 Å². The fraction of sp³-hybridized carbons (Fsp3) is 0.222. The van der Waals surface area contributed by atoms with Crippen molar-refractivity contribution in [2.24, 2.45) is 0 Å². The molecule has 0 aliphatic rings. The molecule has 0 bridgehead atoms. The molecule has 0 aliphatic heterocycles. The van der Waals surface area contributed by atoms with E-state index in [1.54, 1.807) is 27.5 Å². The fourth-order valence-electron chi connectivity index (χ4n) is 2.49. The standard InChI is InChI=1S/C18H17N5S2/c1-12(2)13-3-5-14(6-4-13)17-20-22-23(21-17)9-16-11-25-18(19-16)15-7-8-24-10-15/h3-8,10-12H,9H2,1-2H3. The van der Waals surface area contributed by atoms with Crippen LogP contribution in [0.1, 0.15) is 31.0 Å². The van der Waals surface area contributed by atoms with E-state index in [1.165, 1.54) is 11.1 Å². The number of hydrogen-bond donors (Lipinski definition) is 0. The minimum absolute atomic E-state index is 0.514. The first-order chi connectivity index (χ1) is 12.2. The van der Waals surface area contributed by atoms with Gasteiger partial charge in [-0.25, -0.2) is 4.98 Å². The van der Waals surface area contributed by atoms with Gasteiger partial charge < -0.3 is 0 Å². The second-order valence-electron chi connectivity index (χ2n) is 6.08. The number of hydrogen-bond acceptors (Lipinski definition) is 6. The summed E-state index contributed by atoms with van der Waals surface area (Å²) in [6, 6.07) is 10.4. The van der Waals surface area contributed by atoms with Gasteiger partial charge in [0.15, 0.2) is 0 Å². The molecule has 0 aliphatic carbocycles. The van der Waals surface area contributed by atoms with E-state index in [0.29, 0.717) is 18.3 Å². The lowest BCUT2D eigenvalue weighted by Crippen LogP contribution is -2.04. The quantitative estimate of drug-likeness (QED) is 0.513. The summed E-state index contributed by atoms with van der Waals surface area (Å²) in [5.74, 6) is 1.16. The second kappa shape index (κ2) is 6.85. The predicted octanol–water partition coefficient (Wildman–Crippen LogP) is 4.70. The smallest absolute Gasteiger partial charge is 0.204 e. The van der Waals surface area contributed by atoms with Crippen LogP contribution in [0.15, 0.2) is 46.5 Å². The first-order valence-electron chi connectivity index (χ1n) is 8.04. The Balaban J connectivity index is 1.50. The molecule has 0 saturated heterocycles. The van der Waals surface area contributed by atoms with Crippen LogP contribution >= 0.6 is 22.7 Å². The topological polar surface area (TPSA) is 56.5 Å². The first-order valence-corrected chi connectivity index (χ1v) is 9.86. The van der Waals surface area contributed by atoms with Gasteiger partial charge in [0.1, 0.15) is 11.6 Å². The SMILES string of the molecule is CC(C)c1ccc(-c2nnn(Cc3csc(-c4ccsc4)n3)n2)cc1. The number of aromatic nitrogens is 5. The van der Waals surface area contributed by atoms with Crippen LogP contribution in [0.25, 0.3) is 22.0 Å². The lowest BCUT2D eigenvalue weighted by Gasteiger charge is -2.04. The van der Waals surface area contributed by atoms with Crippen molar-refractivity contribution >= 4 is 22.7 Å². The van der Waals surface area contributed by atoms with Crippen LogP contribution in [0, 0.1) is 0 Å². The van der Waals surface area contributed by atoms with E-state index in [9.17, 15) is 0 Å². The molecule has 4 aromatic rings. The van der Waals surface area contributed by atoms with Crippen molar-refractivity contribution in [1.29, 1.82) is 0 Å². The molecule has 7 heteroatoms. The number of nitrogens with zero attached hydrogens (tertiary/aromatic N) is 5. The molecular weight excluding hydrogens is 350 g/mol. The van der Waals surface area contributed by atoms with Crippen LogP contribution in [-0.4, -0.2) is 25.2 Å². The molecule has 3 aromatic heterocycles. The van der Waals surface area contributed by atoms with E-state index < -0.39 is 0 Å². The van der Waals surface area contributed by atoms with Gasteiger partial charge in [-0.1, -0.05) is 38.1 Å². The average Bonchev–Trinajstić information content (AvgIpc) is 3.37. The van der Waals surface area contributed by atoms with E-state index in [2.05, 4.69) is 63.2 Å². The Morgan fingerprint density at radius 2 is 1.88 bits per heavy atom. The predicted molar refractivity (Wildman–Crippen MR) is 102 cm³/mol. The maximum Gasteiger partial charge on any atom is 0.204 e. The Labute approximate surface area is 154 Å². The molecule has 4 rings (SSSR count). The molecule has 0 unspecified atom stereocenters. The lowest BCUT2D eigenvalue weighted by atomic mass is 10.0. The lowest BCUT2D eigenvalue weighted by molar-refractivity contribution is 0.566. The second-order valence-corrected chi connectivity index (χ2v) is 7.71. The summed E-state index contributed by atoms with van der Waals surface area (Å²) in [4.78, 5) is 6.25. The summed E-state index contributed by atoms with van der Waals surface area (Å²) in [5, 5.41) is 20.1. The van der Waals surface area contributed by atoms with Crippen molar-refractivity contribution in [3.8, 4) is 22.0 Å². The van der Waals surface area contributed by atoms with E-state index >= 15 is 0 Å². The molecule has 0 spiro atoms. The van der Waals surface area contributed by atoms with E-state index in [-0.39, 0.29) is 0 Å². The summed E-state index contributed by atoms with van der Waals surface area (Å²) >= 11 is 3.32. The number of thiophene rings is 1. The van der Waals surface area contributed by atoms with Crippen molar-refractivity contribution in [2.75, 3.05) is 0 Å². The normalized spacial score (nSPS) is 11.3. The van der Waals surface area contributed by atoms with Crippen LogP contribution in [-0.2, 0) is 6.54 Å². The highest BCUT2D eigenvalue weighted by Crippen LogP contribution is 2.26. The summed E-state index contributed by atoms with van der Waals surface area (Å²) in [7, 11) is 0. The maximum absolute atomic E-state index is 4.66. The average molecular weight is 368 g/mol. The van der Waals surface area contributed by atoms with Gasteiger partial charge in [-0.15, -0.1) is 21.5 Å². The van der Waals surface area contributed by atoms with Gasteiger partial charge >= 0.3 is 0 Å². The minimum Gasteiger partial charge on any atom is -0.239 e. The van der Waals surface area contributed by atoms with Crippen LogP contribution in [0.3, 0.4) is 0 Å². The highest BCUT2D eigenvalue weighted by atomic mass is 32.1. The van der Waals surface area contributed by atoms with E-state index in [0.717, 1.165) is 16.3 Å². The number of tetrazole rings is 1. The third-order valence-electron chi connectivity index (χ3n) is 3.91. The van der Waals surface area contributed by atoms with Gasteiger partial charge in [0.2, 0.25) is 5.82 Å². The third-order valence-corrected chi connectivity index (χ3v) is 5.54. The number of thiazole rings is 1. The Morgan fingerprint density at radius 3 is 2.60 bits per heavy atom. The molecule has 0 N–H and O–H groups in total. The molecule has 0 radical (unpaired) electrons. The van der Waals surface area contributed by atoms with Gasteiger partial charge in [-0.05, 0) is 28.1 Å². The van der Waals surface area contributed by atoms with E-state index in [1.807, 2.05) is 17.5 Å². The molecule has 0 atom stereocenters. The summed E-state index contributed by atoms with van der Waals surface area (Å²) in [6.45, 7) is 4.89. The van der Waals surface area contributed by atoms with Crippen LogP contribution < -0.4 is 0 Å².